The molecule has 94 valence electrons. The molecule has 7 heteroatoms. The number of likely N-dealkylation sites (N-methyl/N-ethyl adjacent to an activating group) is 1. The van der Waals surface area contributed by atoms with Crippen LogP contribution in [0.2, 0.25) is 0 Å². The lowest BCUT2D eigenvalue weighted by Crippen LogP contribution is -2.42. The van der Waals surface area contributed by atoms with Crippen molar-refractivity contribution in [1.82, 2.24) is 10.3 Å². The van der Waals surface area contributed by atoms with Crippen LogP contribution in [0.4, 0.5) is 0 Å². The molecule has 3 atom stereocenters. The third kappa shape index (κ3) is 6.67. The maximum absolute atomic E-state index is 9.81. The molecule has 0 aromatic rings. The largest absolute Gasteiger partial charge is 0.393 e. The lowest BCUT2D eigenvalue weighted by molar-refractivity contribution is 0.0779. The fraction of sp³-hybridized carbons (Fsp3) is 0.778. The Bertz CT molecular complexity index is 246. The van der Waals surface area contributed by atoms with Gasteiger partial charge in [-0.25, -0.2) is 0 Å². The average molecular weight is 248 g/mol. The highest BCUT2D eigenvalue weighted by Crippen LogP contribution is 2.07. The second kappa shape index (κ2) is 7.50. The molecule has 0 fully saturated rings. The maximum atomic E-state index is 9.81. The van der Waals surface area contributed by atoms with Crippen LogP contribution in [0.25, 0.3) is 0 Å². The molecule has 0 bridgehead atoms. The fourth-order valence-electron chi connectivity index (χ4n) is 1.28. The number of hydrogen-bond acceptors (Lipinski definition) is 5. The molecule has 0 saturated heterocycles. The van der Waals surface area contributed by atoms with Crippen LogP contribution in [0.5, 0.6) is 0 Å². The predicted molar refractivity (Wildman–Crippen MR) is 68.2 cm³/mol. The van der Waals surface area contributed by atoms with Crippen LogP contribution >= 0.6 is 12.2 Å². The summed E-state index contributed by atoms with van der Waals surface area (Å²) in [5.74, 6) is 0. The van der Waals surface area contributed by atoms with Crippen molar-refractivity contribution in [2.45, 2.75) is 31.6 Å². The smallest absolute Gasteiger partial charge is 0.184 e. The normalized spacial score (nSPS) is 17.4. The summed E-state index contributed by atoms with van der Waals surface area (Å²) in [6.07, 6.45) is 0.477. The van der Waals surface area contributed by atoms with E-state index in [1.54, 1.807) is 6.92 Å². The quantitative estimate of drug-likeness (QED) is 0.270. The molecular weight excluding hydrogens is 228 g/mol. The lowest BCUT2D eigenvalue weighted by atomic mass is 10.0. The first-order chi connectivity index (χ1) is 7.34. The zero-order chi connectivity index (χ0) is 12.7. The van der Waals surface area contributed by atoms with Crippen molar-refractivity contribution in [1.29, 1.82) is 0 Å². The van der Waals surface area contributed by atoms with E-state index in [9.17, 15) is 10.2 Å². The van der Waals surface area contributed by atoms with E-state index in [2.05, 4.69) is 22.7 Å². The molecule has 0 amide bonds. The van der Waals surface area contributed by atoms with Crippen LogP contribution in [0, 0.1) is 0 Å². The molecule has 6 nitrogen and oxygen atoms in total. The topological polar surface area (TPSA) is 94.1 Å². The summed E-state index contributed by atoms with van der Waals surface area (Å²) < 4.78 is 0. The number of aliphatic hydroxyl groups is 2. The van der Waals surface area contributed by atoms with Crippen LogP contribution in [0.1, 0.15) is 13.3 Å². The van der Waals surface area contributed by atoms with Gasteiger partial charge in [0, 0.05) is 6.04 Å². The predicted octanol–water partition coefficient (Wildman–Crippen LogP) is -1.13. The molecule has 0 unspecified atom stereocenters. The first kappa shape index (κ1) is 15.2. The van der Waals surface area contributed by atoms with Crippen LogP contribution < -0.4 is 11.2 Å². The SMILES string of the molecule is C[C@@H](O)C[C@@H]([C@H](O)/C=N\NC(N)=S)N(C)C. The van der Waals surface area contributed by atoms with E-state index in [1.165, 1.54) is 6.21 Å². The summed E-state index contributed by atoms with van der Waals surface area (Å²) in [4.78, 5) is 1.82. The molecule has 5 N–H and O–H groups in total. The van der Waals surface area contributed by atoms with E-state index >= 15 is 0 Å². The van der Waals surface area contributed by atoms with Crippen molar-refractivity contribution in [3.8, 4) is 0 Å². The van der Waals surface area contributed by atoms with Crippen molar-refractivity contribution in [3.63, 3.8) is 0 Å². The lowest BCUT2D eigenvalue weighted by Gasteiger charge is -2.27. The Kier molecular flexibility index (Phi) is 7.15. The second-order valence-electron chi connectivity index (χ2n) is 3.86. The van der Waals surface area contributed by atoms with Crippen molar-refractivity contribution >= 4 is 23.5 Å². The Morgan fingerprint density at radius 1 is 1.56 bits per heavy atom. The molecule has 0 aliphatic rings. The average Bonchev–Trinajstić information content (AvgIpc) is 2.12. The summed E-state index contributed by atoms with van der Waals surface area (Å²) in [6, 6.07) is -0.211. The highest BCUT2D eigenvalue weighted by molar-refractivity contribution is 7.80. The van der Waals surface area contributed by atoms with Crippen molar-refractivity contribution in [3.05, 3.63) is 0 Å². The third-order valence-corrected chi connectivity index (χ3v) is 2.13. The van der Waals surface area contributed by atoms with Gasteiger partial charge in [-0.3, -0.25) is 5.43 Å². The fourth-order valence-corrected chi connectivity index (χ4v) is 1.33. The Labute approximate surface area is 101 Å². The summed E-state index contributed by atoms with van der Waals surface area (Å²) >= 11 is 4.56. The third-order valence-electron chi connectivity index (χ3n) is 2.04. The second-order valence-corrected chi connectivity index (χ2v) is 4.30. The van der Waals surface area contributed by atoms with Gasteiger partial charge in [-0.15, -0.1) is 0 Å². The number of hydrogen-bond donors (Lipinski definition) is 4. The number of rotatable bonds is 6. The van der Waals surface area contributed by atoms with Gasteiger partial charge in [0.1, 0.15) is 6.10 Å². The number of aliphatic hydroxyl groups excluding tert-OH is 2. The maximum Gasteiger partial charge on any atom is 0.184 e. The van der Waals surface area contributed by atoms with E-state index in [4.69, 9.17) is 5.73 Å². The minimum Gasteiger partial charge on any atom is -0.393 e. The summed E-state index contributed by atoms with van der Waals surface area (Å²) in [6.45, 7) is 1.67. The molecule has 0 aliphatic carbocycles. The zero-order valence-corrected chi connectivity index (χ0v) is 10.6. The molecule has 0 heterocycles. The highest BCUT2D eigenvalue weighted by Gasteiger charge is 2.21. The Balaban J connectivity index is 4.32. The monoisotopic (exact) mass is 248 g/mol. The molecule has 0 aliphatic heterocycles. The minimum atomic E-state index is -0.800. The van der Waals surface area contributed by atoms with Gasteiger partial charge in [0.15, 0.2) is 5.11 Å². The van der Waals surface area contributed by atoms with Crippen molar-refractivity contribution < 1.29 is 10.2 Å². The van der Waals surface area contributed by atoms with Gasteiger partial charge < -0.3 is 20.8 Å². The van der Waals surface area contributed by atoms with Crippen molar-refractivity contribution in [2.75, 3.05) is 14.1 Å². The highest BCUT2D eigenvalue weighted by atomic mass is 32.1. The van der Waals surface area contributed by atoms with Gasteiger partial charge in [-0.1, -0.05) is 0 Å². The van der Waals surface area contributed by atoms with Gasteiger partial charge in [0.2, 0.25) is 0 Å². The van der Waals surface area contributed by atoms with Gasteiger partial charge in [-0.05, 0) is 39.7 Å². The first-order valence-electron chi connectivity index (χ1n) is 4.95. The molecule has 0 rings (SSSR count). The van der Waals surface area contributed by atoms with Crippen LogP contribution in [-0.4, -0.2) is 58.8 Å². The Morgan fingerprint density at radius 2 is 2.12 bits per heavy atom. The summed E-state index contributed by atoms with van der Waals surface area (Å²) in [5, 5.41) is 22.8. The van der Waals surface area contributed by atoms with Crippen LogP contribution in [0.15, 0.2) is 5.10 Å². The molecule has 0 radical (unpaired) electrons. The molecule has 16 heavy (non-hydrogen) atoms. The number of nitrogens with one attached hydrogen (secondary N) is 1. The molecule has 0 spiro atoms. The minimum absolute atomic E-state index is 0.0420. The summed E-state index contributed by atoms with van der Waals surface area (Å²) in [7, 11) is 3.65. The zero-order valence-electron chi connectivity index (χ0n) is 9.79. The van der Waals surface area contributed by atoms with Crippen molar-refractivity contribution in [2.24, 2.45) is 10.8 Å². The van der Waals surface area contributed by atoms with E-state index in [0.717, 1.165) is 0 Å². The van der Waals surface area contributed by atoms with E-state index in [-0.39, 0.29) is 11.2 Å². The Hall–Kier alpha value is -0.760. The van der Waals surface area contributed by atoms with E-state index in [1.807, 2.05) is 19.0 Å². The van der Waals surface area contributed by atoms with Gasteiger partial charge in [0.05, 0.1) is 12.3 Å². The first-order valence-corrected chi connectivity index (χ1v) is 5.36. The van der Waals surface area contributed by atoms with E-state index < -0.39 is 12.2 Å². The molecular formula is C9H20N4O2S. The molecule has 0 saturated carbocycles. The van der Waals surface area contributed by atoms with Crippen LogP contribution in [-0.2, 0) is 0 Å². The Morgan fingerprint density at radius 3 is 2.50 bits per heavy atom. The molecule has 0 aromatic carbocycles. The van der Waals surface area contributed by atoms with Gasteiger partial charge >= 0.3 is 0 Å². The van der Waals surface area contributed by atoms with Gasteiger partial charge in [0.25, 0.3) is 0 Å². The van der Waals surface area contributed by atoms with Gasteiger partial charge in [-0.2, -0.15) is 5.10 Å². The number of nitrogens with zero attached hydrogens (tertiary/aromatic N) is 2. The van der Waals surface area contributed by atoms with E-state index in [0.29, 0.717) is 6.42 Å². The molecule has 0 aromatic heterocycles. The number of thiocarbonyl (C=S) groups is 1. The number of hydrazone groups is 1. The standard InChI is InChI=1S/C9H20N4O2S/c1-6(14)4-7(13(2)3)8(15)5-11-12-9(10)16/h5-8,14-15H,4H2,1-3H3,(H3,10,12,16)/b11-5-/t6-,7+,8-/m1/s1. The van der Waals surface area contributed by atoms with Crippen LogP contribution in [0.3, 0.4) is 0 Å². The number of nitrogens with two attached hydrogens (primary N) is 1. The summed E-state index contributed by atoms with van der Waals surface area (Å²) in [5.41, 5.74) is 7.53.